The molecule has 1 nitrogen and oxygen atoms in total. The Morgan fingerprint density at radius 2 is 1.57 bits per heavy atom. The summed E-state index contributed by atoms with van der Waals surface area (Å²) in [6.45, 7) is -5.44. The molecule has 0 aliphatic rings. The van der Waals surface area contributed by atoms with Crippen LogP contribution in [0.1, 0.15) is 10.4 Å². The van der Waals surface area contributed by atoms with Crippen LogP contribution in [0.25, 0.3) is 0 Å². The predicted molar refractivity (Wildman–Crippen MR) is 44.9 cm³/mol. The summed E-state index contributed by atoms with van der Waals surface area (Å²) in [6, 6.07) is 4.60. The van der Waals surface area contributed by atoms with E-state index in [0.717, 1.165) is 12.1 Å². The molecule has 0 N–H and O–H groups in total. The van der Waals surface area contributed by atoms with Gasteiger partial charge in [-0.3, -0.25) is 0 Å². The van der Waals surface area contributed by atoms with Crippen molar-refractivity contribution in [1.82, 2.24) is 0 Å². The summed E-state index contributed by atoms with van der Waals surface area (Å²) in [5.41, 5.74) is -2.17. The first kappa shape index (κ1) is 14.7. The monoisotopic (exact) mass is 246 g/mol. The Morgan fingerprint density at radius 3 is 1.93 bits per heavy atom. The molecule has 0 fully saturated rings. The number of halogens is 4. The van der Waals surface area contributed by atoms with Gasteiger partial charge in [0.15, 0.2) is 0 Å². The van der Waals surface area contributed by atoms with Gasteiger partial charge >= 0.3 is 58.4 Å². The van der Waals surface area contributed by atoms with Gasteiger partial charge in [-0.2, -0.15) is 0 Å². The van der Waals surface area contributed by atoms with Crippen molar-refractivity contribution in [3.05, 3.63) is 34.9 Å². The SMILES string of the molecule is O=C(c1ccc(Cl)cc1)[B-](F)(F)F.[K+]. The predicted octanol–water partition coefficient (Wildman–Crippen LogP) is -0.0867. The van der Waals surface area contributed by atoms with Crippen LogP contribution >= 0.6 is 11.6 Å². The van der Waals surface area contributed by atoms with Crippen molar-refractivity contribution in [2.45, 2.75) is 0 Å². The summed E-state index contributed by atoms with van der Waals surface area (Å²) in [5, 5.41) is 0.297. The number of hydrogen-bond acceptors (Lipinski definition) is 1. The van der Waals surface area contributed by atoms with E-state index in [1.54, 1.807) is 0 Å². The van der Waals surface area contributed by atoms with E-state index >= 15 is 0 Å². The van der Waals surface area contributed by atoms with E-state index in [9.17, 15) is 17.7 Å². The van der Waals surface area contributed by atoms with Crippen molar-refractivity contribution >= 4 is 24.3 Å². The van der Waals surface area contributed by atoms with Crippen LogP contribution in [0, 0.1) is 0 Å². The van der Waals surface area contributed by atoms with Gasteiger partial charge in [-0.25, -0.2) is 0 Å². The average Bonchev–Trinajstić information content (AvgIpc) is 2.03. The summed E-state index contributed by atoms with van der Waals surface area (Å²) in [5.74, 6) is 0. The zero-order chi connectivity index (χ0) is 10.1. The van der Waals surface area contributed by atoms with Gasteiger partial charge in [0.25, 0.3) is 0 Å². The van der Waals surface area contributed by atoms with E-state index in [0.29, 0.717) is 5.02 Å². The second-order valence-electron chi connectivity index (χ2n) is 2.45. The Bertz CT molecular complexity index is 325. The average molecular weight is 246 g/mol. The minimum absolute atomic E-state index is 0. The van der Waals surface area contributed by atoms with Gasteiger partial charge in [0.1, 0.15) is 5.68 Å². The van der Waals surface area contributed by atoms with E-state index in [1.165, 1.54) is 12.1 Å². The van der Waals surface area contributed by atoms with Crippen molar-refractivity contribution in [2.75, 3.05) is 0 Å². The maximum atomic E-state index is 11.9. The second-order valence-corrected chi connectivity index (χ2v) is 2.88. The van der Waals surface area contributed by atoms with Crippen LogP contribution in [0.2, 0.25) is 5.02 Å². The Labute approximate surface area is 126 Å². The maximum Gasteiger partial charge on any atom is 1.00 e. The molecule has 0 aliphatic carbocycles. The summed E-state index contributed by atoms with van der Waals surface area (Å²) >= 11 is 5.44. The minimum Gasteiger partial charge on any atom is -0.443 e. The quantitative estimate of drug-likeness (QED) is 0.667. The molecule has 0 heterocycles. The summed E-state index contributed by atoms with van der Waals surface area (Å²) in [6.07, 6.45) is 0. The molecule has 0 spiro atoms. The first-order chi connectivity index (χ1) is 5.91. The first-order valence-electron chi connectivity index (χ1n) is 3.41. The van der Waals surface area contributed by atoms with Crippen molar-refractivity contribution in [3.63, 3.8) is 0 Å². The molecule has 14 heavy (non-hydrogen) atoms. The standard InChI is InChI=1S/C7H4BClF3O.K/c9-6-3-1-5(2-4-6)7(13)8(10,11)12;/h1-4H;/q-1;+1. The fraction of sp³-hybridized carbons (Fsp3) is 0. The zero-order valence-electron chi connectivity index (χ0n) is 7.31. The molecule has 0 saturated carbocycles. The third-order valence-corrected chi connectivity index (χ3v) is 1.68. The number of benzene rings is 1. The summed E-state index contributed by atoms with van der Waals surface area (Å²) < 4.78 is 35.7. The van der Waals surface area contributed by atoms with Crippen LogP contribution in [0.15, 0.2) is 24.3 Å². The molecule has 0 radical (unpaired) electrons. The summed E-state index contributed by atoms with van der Waals surface area (Å²) in [4.78, 5) is 10.6. The van der Waals surface area contributed by atoms with Crippen LogP contribution < -0.4 is 51.4 Å². The van der Waals surface area contributed by atoms with Crippen molar-refractivity contribution in [1.29, 1.82) is 0 Å². The third kappa shape index (κ3) is 4.04. The van der Waals surface area contributed by atoms with Gasteiger partial charge in [0.05, 0.1) is 0 Å². The number of carbonyl (C=O) groups is 1. The summed E-state index contributed by atoms with van der Waals surface area (Å²) in [7, 11) is 0. The molecular weight excluding hydrogens is 242 g/mol. The Balaban J connectivity index is 0.00000169. The Morgan fingerprint density at radius 1 is 1.14 bits per heavy atom. The van der Waals surface area contributed by atoms with Crippen molar-refractivity contribution < 1.29 is 69.1 Å². The molecule has 1 aromatic rings. The van der Waals surface area contributed by atoms with Gasteiger partial charge in [0, 0.05) is 5.02 Å². The molecule has 1 aromatic carbocycles. The number of carbonyl (C=O) groups excluding carboxylic acids is 1. The van der Waals surface area contributed by atoms with Crippen LogP contribution in [0.5, 0.6) is 0 Å². The van der Waals surface area contributed by atoms with E-state index in [4.69, 9.17) is 11.6 Å². The molecule has 1 rings (SSSR count). The maximum absolute atomic E-state index is 11.9. The molecular formula is C7H4BClF3KO. The van der Waals surface area contributed by atoms with E-state index in [-0.39, 0.29) is 56.9 Å². The fourth-order valence-electron chi connectivity index (χ4n) is 0.803. The molecule has 0 saturated heterocycles. The van der Waals surface area contributed by atoms with Crippen molar-refractivity contribution in [2.24, 2.45) is 0 Å². The number of hydrogen-bond donors (Lipinski definition) is 0. The molecule has 0 aromatic heterocycles. The molecule has 0 aliphatic heterocycles. The molecule has 0 atom stereocenters. The van der Waals surface area contributed by atoms with Gasteiger partial charge in [-0.05, 0) is 17.7 Å². The van der Waals surface area contributed by atoms with Gasteiger partial charge in [0.2, 0.25) is 0 Å². The van der Waals surface area contributed by atoms with E-state index < -0.39 is 12.7 Å². The Hall–Kier alpha value is 0.671. The van der Waals surface area contributed by atoms with Crippen LogP contribution in [0.4, 0.5) is 12.9 Å². The molecule has 0 unspecified atom stereocenters. The fourth-order valence-corrected chi connectivity index (χ4v) is 0.929. The second kappa shape index (κ2) is 5.67. The number of rotatable bonds is 2. The topological polar surface area (TPSA) is 17.1 Å². The first-order valence-corrected chi connectivity index (χ1v) is 3.79. The van der Waals surface area contributed by atoms with Gasteiger partial charge in [-0.1, -0.05) is 23.7 Å². The van der Waals surface area contributed by atoms with E-state index in [2.05, 4.69) is 0 Å². The van der Waals surface area contributed by atoms with Crippen LogP contribution in [-0.2, 0) is 0 Å². The Kier molecular flexibility index (Phi) is 5.94. The molecule has 70 valence electrons. The largest absolute Gasteiger partial charge is 1.00 e. The molecule has 0 amide bonds. The minimum atomic E-state index is -5.44. The third-order valence-electron chi connectivity index (χ3n) is 1.43. The molecule has 0 bridgehead atoms. The van der Waals surface area contributed by atoms with Gasteiger partial charge < -0.3 is 17.7 Å². The smallest absolute Gasteiger partial charge is 0.443 e. The van der Waals surface area contributed by atoms with Gasteiger partial charge in [-0.15, -0.1) is 0 Å². The van der Waals surface area contributed by atoms with E-state index in [1.807, 2.05) is 0 Å². The van der Waals surface area contributed by atoms with Crippen LogP contribution in [-0.4, -0.2) is 12.7 Å². The zero-order valence-corrected chi connectivity index (χ0v) is 11.2. The normalized spacial score (nSPS) is 10.6. The molecule has 7 heteroatoms. The van der Waals surface area contributed by atoms with Crippen molar-refractivity contribution in [3.8, 4) is 0 Å². The van der Waals surface area contributed by atoms with Crippen LogP contribution in [0.3, 0.4) is 0 Å².